The fraction of sp³-hybridized carbons (Fsp3) is 0.111. The Morgan fingerprint density at radius 3 is 3.12 bits per heavy atom. The Morgan fingerprint density at radius 2 is 2.41 bits per heavy atom. The number of rotatable bonds is 4. The lowest BCUT2D eigenvalue weighted by Crippen LogP contribution is -1.99. The molecule has 2 aromatic heterocycles. The highest BCUT2D eigenvalue weighted by Crippen LogP contribution is 2.32. The Hall–Kier alpha value is -1.18. The van der Waals surface area contributed by atoms with Crippen LogP contribution >= 0.6 is 34.7 Å². The molecular weight excluding hydrogens is 282 g/mol. The molecule has 88 valence electrons. The van der Waals surface area contributed by atoms with Crippen molar-refractivity contribution in [1.29, 1.82) is 0 Å². The smallest absolute Gasteiger partial charge is 0.309 e. The predicted molar refractivity (Wildman–Crippen MR) is 64.6 cm³/mol. The van der Waals surface area contributed by atoms with Crippen LogP contribution in [0.2, 0.25) is 5.02 Å². The molecule has 0 bridgehead atoms. The molecule has 0 spiro atoms. The van der Waals surface area contributed by atoms with Crippen LogP contribution < -0.4 is 0 Å². The van der Waals surface area contributed by atoms with Gasteiger partial charge in [0.05, 0.1) is 23.3 Å². The molecule has 0 radical (unpaired) electrons. The fourth-order valence-electron chi connectivity index (χ4n) is 1.03. The molecule has 0 fully saturated rings. The van der Waals surface area contributed by atoms with Gasteiger partial charge < -0.3 is 5.11 Å². The second kappa shape index (κ2) is 5.44. The third-order valence-corrected chi connectivity index (χ3v) is 4.08. The summed E-state index contributed by atoms with van der Waals surface area (Å²) in [6.07, 6.45) is 2.83. The number of hydrogen-bond donors (Lipinski definition) is 1. The lowest BCUT2D eigenvalue weighted by molar-refractivity contribution is -0.136. The number of thiazole rings is 1. The molecule has 8 heteroatoms. The van der Waals surface area contributed by atoms with Gasteiger partial charge in [0.1, 0.15) is 11.4 Å². The number of carbonyl (C=O) groups is 1. The van der Waals surface area contributed by atoms with Crippen molar-refractivity contribution >= 4 is 40.7 Å². The largest absolute Gasteiger partial charge is 0.481 e. The number of aliphatic carboxylic acids is 1. The standard InChI is InChI=1S/C9H6ClN3O2S2/c10-6-2-11-4-12-8(6)17-9-13-5(3-16-9)1-7(14)15/h2-4H,1H2,(H,14,15). The van der Waals surface area contributed by atoms with E-state index in [1.54, 1.807) is 5.38 Å². The number of hydrogen-bond acceptors (Lipinski definition) is 6. The van der Waals surface area contributed by atoms with Crippen molar-refractivity contribution in [3.63, 3.8) is 0 Å². The molecule has 5 nitrogen and oxygen atoms in total. The molecule has 0 aliphatic rings. The molecular formula is C9H6ClN3O2S2. The van der Waals surface area contributed by atoms with Gasteiger partial charge in [-0.3, -0.25) is 4.79 Å². The minimum Gasteiger partial charge on any atom is -0.481 e. The highest BCUT2D eigenvalue weighted by Gasteiger charge is 2.10. The predicted octanol–water partition coefficient (Wildman–Crippen LogP) is 2.36. The molecule has 0 saturated carbocycles. The van der Waals surface area contributed by atoms with Crippen molar-refractivity contribution in [2.75, 3.05) is 0 Å². The van der Waals surface area contributed by atoms with E-state index < -0.39 is 5.97 Å². The lowest BCUT2D eigenvalue weighted by Gasteiger charge is -1.97. The fourth-order valence-corrected chi connectivity index (χ4v) is 2.95. The van der Waals surface area contributed by atoms with Gasteiger partial charge in [0.25, 0.3) is 0 Å². The Balaban J connectivity index is 2.12. The molecule has 0 saturated heterocycles. The van der Waals surface area contributed by atoms with Gasteiger partial charge in [0.2, 0.25) is 0 Å². The molecule has 2 aromatic rings. The number of carboxylic acid groups (broad SMARTS) is 1. The maximum Gasteiger partial charge on any atom is 0.309 e. The summed E-state index contributed by atoms with van der Waals surface area (Å²) in [5.74, 6) is -0.896. The maximum absolute atomic E-state index is 10.5. The number of carboxylic acids is 1. The van der Waals surface area contributed by atoms with Gasteiger partial charge in [-0.2, -0.15) is 0 Å². The van der Waals surface area contributed by atoms with E-state index in [-0.39, 0.29) is 6.42 Å². The first-order valence-electron chi connectivity index (χ1n) is 4.44. The van der Waals surface area contributed by atoms with Crippen molar-refractivity contribution in [3.8, 4) is 0 Å². The van der Waals surface area contributed by atoms with E-state index in [0.717, 1.165) is 0 Å². The van der Waals surface area contributed by atoms with Crippen LogP contribution in [0.15, 0.2) is 27.3 Å². The van der Waals surface area contributed by atoms with Crippen LogP contribution in [0.4, 0.5) is 0 Å². The number of nitrogens with zero attached hydrogens (tertiary/aromatic N) is 3. The monoisotopic (exact) mass is 287 g/mol. The second-order valence-electron chi connectivity index (χ2n) is 2.95. The van der Waals surface area contributed by atoms with E-state index in [2.05, 4.69) is 15.0 Å². The minimum atomic E-state index is -0.896. The van der Waals surface area contributed by atoms with E-state index in [1.165, 1.54) is 35.6 Å². The normalized spacial score (nSPS) is 10.4. The van der Waals surface area contributed by atoms with Crippen molar-refractivity contribution in [2.45, 2.75) is 15.8 Å². The Bertz CT molecular complexity index is 547. The van der Waals surface area contributed by atoms with Gasteiger partial charge in [-0.25, -0.2) is 15.0 Å². The Kier molecular flexibility index (Phi) is 3.93. The molecule has 0 amide bonds. The first-order chi connectivity index (χ1) is 8.15. The van der Waals surface area contributed by atoms with E-state index in [9.17, 15) is 4.79 Å². The zero-order valence-electron chi connectivity index (χ0n) is 8.33. The van der Waals surface area contributed by atoms with Crippen LogP contribution in [-0.4, -0.2) is 26.0 Å². The summed E-state index contributed by atoms with van der Waals surface area (Å²) in [6, 6.07) is 0. The average Bonchev–Trinajstić information content (AvgIpc) is 2.68. The summed E-state index contributed by atoms with van der Waals surface area (Å²) < 4.78 is 0.710. The van der Waals surface area contributed by atoms with Crippen molar-refractivity contribution in [1.82, 2.24) is 15.0 Å². The molecule has 0 aromatic carbocycles. The van der Waals surface area contributed by atoms with Crippen LogP contribution in [0, 0.1) is 0 Å². The highest BCUT2D eigenvalue weighted by atomic mass is 35.5. The third kappa shape index (κ3) is 3.39. The SMILES string of the molecule is O=C(O)Cc1csc(Sc2ncncc2Cl)n1. The van der Waals surface area contributed by atoms with Crippen molar-refractivity contribution in [3.05, 3.63) is 28.6 Å². The lowest BCUT2D eigenvalue weighted by atomic mass is 10.3. The summed E-state index contributed by atoms with van der Waals surface area (Å²) in [6.45, 7) is 0. The van der Waals surface area contributed by atoms with Crippen LogP contribution in [0.1, 0.15) is 5.69 Å². The topological polar surface area (TPSA) is 76.0 Å². The van der Waals surface area contributed by atoms with E-state index in [1.807, 2.05) is 0 Å². The third-order valence-electron chi connectivity index (χ3n) is 1.68. The van der Waals surface area contributed by atoms with Crippen LogP contribution in [-0.2, 0) is 11.2 Å². The summed E-state index contributed by atoms with van der Waals surface area (Å²) in [5, 5.41) is 11.4. The molecule has 0 aliphatic heterocycles. The van der Waals surface area contributed by atoms with Gasteiger partial charge in [0, 0.05) is 5.38 Å². The summed E-state index contributed by atoms with van der Waals surface area (Å²) in [7, 11) is 0. The number of halogens is 1. The summed E-state index contributed by atoms with van der Waals surface area (Å²) >= 11 is 8.56. The van der Waals surface area contributed by atoms with Gasteiger partial charge in [-0.15, -0.1) is 11.3 Å². The molecule has 17 heavy (non-hydrogen) atoms. The average molecular weight is 288 g/mol. The quantitative estimate of drug-likeness (QED) is 0.870. The van der Waals surface area contributed by atoms with Gasteiger partial charge >= 0.3 is 5.97 Å². The van der Waals surface area contributed by atoms with Crippen LogP contribution in [0.25, 0.3) is 0 Å². The van der Waals surface area contributed by atoms with Crippen molar-refractivity contribution < 1.29 is 9.90 Å². The molecule has 1 N–H and O–H groups in total. The molecule has 2 rings (SSSR count). The van der Waals surface area contributed by atoms with Crippen LogP contribution in [0.5, 0.6) is 0 Å². The summed E-state index contributed by atoms with van der Waals surface area (Å²) in [4.78, 5) is 22.5. The Morgan fingerprint density at radius 1 is 1.59 bits per heavy atom. The molecule has 0 atom stereocenters. The maximum atomic E-state index is 10.5. The van der Waals surface area contributed by atoms with Gasteiger partial charge in [-0.1, -0.05) is 11.6 Å². The van der Waals surface area contributed by atoms with E-state index in [0.29, 0.717) is 20.1 Å². The van der Waals surface area contributed by atoms with Gasteiger partial charge in [-0.05, 0) is 11.8 Å². The van der Waals surface area contributed by atoms with E-state index in [4.69, 9.17) is 16.7 Å². The Labute approximate surface area is 110 Å². The van der Waals surface area contributed by atoms with Crippen molar-refractivity contribution in [2.24, 2.45) is 0 Å². The summed E-state index contributed by atoms with van der Waals surface area (Å²) in [5.41, 5.74) is 0.537. The van der Waals surface area contributed by atoms with Gasteiger partial charge in [0.15, 0.2) is 4.34 Å². The first kappa shape index (κ1) is 12.3. The molecule has 0 unspecified atom stereocenters. The number of aromatic nitrogens is 3. The molecule has 0 aliphatic carbocycles. The minimum absolute atomic E-state index is 0.0748. The first-order valence-corrected chi connectivity index (χ1v) is 6.52. The highest BCUT2D eigenvalue weighted by molar-refractivity contribution is 8.01. The van der Waals surface area contributed by atoms with Crippen LogP contribution in [0.3, 0.4) is 0 Å². The molecule has 2 heterocycles. The zero-order valence-corrected chi connectivity index (χ0v) is 10.7. The zero-order chi connectivity index (χ0) is 12.3. The second-order valence-corrected chi connectivity index (χ2v) is 5.45. The van der Waals surface area contributed by atoms with E-state index >= 15 is 0 Å².